The van der Waals surface area contributed by atoms with Crippen LogP contribution in [0, 0.1) is 5.82 Å². The van der Waals surface area contributed by atoms with E-state index in [4.69, 9.17) is 16.3 Å². The SMILES string of the molecule is CCOC(=O)N1CCC(NC(=O)NCc2ccc(F)c(Cl)c2)CC1. The number of piperidine rings is 1. The highest BCUT2D eigenvalue weighted by Crippen LogP contribution is 2.16. The summed E-state index contributed by atoms with van der Waals surface area (Å²) in [6.45, 7) is 3.49. The lowest BCUT2D eigenvalue weighted by molar-refractivity contribution is 0.0957. The third-order valence-corrected chi connectivity index (χ3v) is 4.08. The van der Waals surface area contributed by atoms with Crippen molar-refractivity contribution in [3.8, 4) is 0 Å². The maximum Gasteiger partial charge on any atom is 0.409 e. The Kier molecular flexibility index (Phi) is 6.66. The molecule has 0 spiro atoms. The van der Waals surface area contributed by atoms with Crippen LogP contribution in [0.3, 0.4) is 0 Å². The van der Waals surface area contributed by atoms with E-state index >= 15 is 0 Å². The second-order valence-corrected chi connectivity index (χ2v) is 5.94. The number of urea groups is 1. The van der Waals surface area contributed by atoms with Crippen molar-refractivity contribution in [2.75, 3.05) is 19.7 Å². The number of nitrogens with zero attached hydrogens (tertiary/aromatic N) is 1. The molecule has 3 amide bonds. The van der Waals surface area contributed by atoms with Crippen molar-refractivity contribution in [2.45, 2.75) is 32.4 Å². The Morgan fingerprint density at radius 2 is 2.08 bits per heavy atom. The van der Waals surface area contributed by atoms with Crippen LogP contribution in [0.5, 0.6) is 0 Å². The fourth-order valence-corrected chi connectivity index (χ4v) is 2.69. The summed E-state index contributed by atoms with van der Waals surface area (Å²) in [7, 11) is 0. The van der Waals surface area contributed by atoms with Crippen LogP contribution in [0.4, 0.5) is 14.0 Å². The fraction of sp³-hybridized carbons (Fsp3) is 0.500. The van der Waals surface area contributed by atoms with Gasteiger partial charge in [-0.3, -0.25) is 0 Å². The maximum atomic E-state index is 13.1. The van der Waals surface area contributed by atoms with Gasteiger partial charge < -0.3 is 20.3 Å². The van der Waals surface area contributed by atoms with E-state index in [2.05, 4.69) is 10.6 Å². The lowest BCUT2D eigenvalue weighted by Crippen LogP contribution is -2.49. The van der Waals surface area contributed by atoms with Gasteiger partial charge in [-0.05, 0) is 37.5 Å². The number of carbonyl (C=O) groups excluding carboxylic acids is 2. The number of benzene rings is 1. The molecule has 1 aromatic rings. The number of hydrogen-bond acceptors (Lipinski definition) is 3. The molecule has 1 aromatic carbocycles. The molecule has 1 aliphatic heterocycles. The Morgan fingerprint density at radius 1 is 1.38 bits per heavy atom. The average Bonchev–Trinajstić information content (AvgIpc) is 2.57. The molecule has 0 unspecified atom stereocenters. The van der Waals surface area contributed by atoms with Gasteiger partial charge in [-0.1, -0.05) is 17.7 Å². The summed E-state index contributed by atoms with van der Waals surface area (Å²) in [5.41, 5.74) is 0.716. The van der Waals surface area contributed by atoms with Crippen LogP contribution in [0.1, 0.15) is 25.3 Å². The molecular formula is C16H21ClFN3O3. The second-order valence-electron chi connectivity index (χ2n) is 5.54. The lowest BCUT2D eigenvalue weighted by atomic mass is 10.1. The molecule has 24 heavy (non-hydrogen) atoms. The maximum absolute atomic E-state index is 13.1. The van der Waals surface area contributed by atoms with Gasteiger partial charge in [0.25, 0.3) is 0 Å². The summed E-state index contributed by atoms with van der Waals surface area (Å²) in [4.78, 5) is 25.2. The van der Waals surface area contributed by atoms with Gasteiger partial charge in [0.05, 0.1) is 11.6 Å². The summed E-state index contributed by atoms with van der Waals surface area (Å²) >= 11 is 5.70. The average molecular weight is 358 g/mol. The normalized spacial score (nSPS) is 15.0. The van der Waals surface area contributed by atoms with Crippen molar-refractivity contribution in [2.24, 2.45) is 0 Å². The van der Waals surface area contributed by atoms with Crippen LogP contribution < -0.4 is 10.6 Å². The number of hydrogen-bond donors (Lipinski definition) is 2. The quantitative estimate of drug-likeness (QED) is 0.870. The van der Waals surface area contributed by atoms with Gasteiger partial charge in [-0.2, -0.15) is 0 Å². The predicted octanol–water partition coefficient (Wildman–Crippen LogP) is 2.90. The monoisotopic (exact) mass is 357 g/mol. The minimum Gasteiger partial charge on any atom is -0.450 e. The van der Waals surface area contributed by atoms with E-state index in [9.17, 15) is 14.0 Å². The largest absolute Gasteiger partial charge is 0.450 e. The van der Waals surface area contributed by atoms with Crippen molar-refractivity contribution in [1.29, 1.82) is 0 Å². The van der Waals surface area contributed by atoms with Crippen LogP contribution in [0.25, 0.3) is 0 Å². The number of rotatable bonds is 4. The van der Waals surface area contributed by atoms with E-state index in [-0.39, 0.29) is 29.7 Å². The van der Waals surface area contributed by atoms with E-state index in [0.717, 1.165) is 0 Å². The summed E-state index contributed by atoms with van der Waals surface area (Å²) in [6, 6.07) is 4.02. The number of ether oxygens (including phenoxy) is 1. The molecule has 0 aromatic heterocycles. The van der Waals surface area contributed by atoms with E-state index in [1.807, 2.05) is 0 Å². The molecule has 0 bridgehead atoms. The number of halogens is 2. The first-order valence-corrected chi connectivity index (χ1v) is 8.27. The first-order valence-electron chi connectivity index (χ1n) is 7.89. The zero-order valence-corrected chi connectivity index (χ0v) is 14.2. The standard InChI is InChI=1S/C16H21ClFN3O3/c1-2-24-16(23)21-7-5-12(6-8-21)20-15(22)19-10-11-3-4-14(18)13(17)9-11/h3-4,9,12H,2,5-8,10H2,1H3,(H2,19,20,22). The van der Waals surface area contributed by atoms with Gasteiger partial charge in [-0.15, -0.1) is 0 Å². The number of likely N-dealkylation sites (tertiary alicyclic amines) is 1. The molecule has 2 N–H and O–H groups in total. The molecule has 0 atom stereocenters. The fourth-order valence-electron chi connectivity index (χ4n) is 2.49. The van der Waals surface area contributed by atoms with E-state index in [0.29, 0.717) is 38.1 Å². The second kappa shape index (κ2) is 8.73. The minimum absolute atomic E-state index is 0.00693. The van der Waals surface area contributed by atoms with E-state index < -0.39 is 5.82 Å². The Balaban J connectivity index is 1.71. The molecule has 2 rings (SSSR count). The Labute approximate surface area is 145 Å². The van der Waals surface area contributed by atoms with Gasteiger partial charge in [0.2, 0.25) is 0 Å². The van der Waals surface area contributed by atoms with Gasteiger partial charge >= 0.3 is 12.1 Å². The van der Waals surface area contributed by atoms with Crippen molar-refractivity contribution in [3.05, 3.63) is 34.6 Å². The first kappa shape index (κ1) is 18.3. The third kappa shape index (κ3) is 5.26. The number of nitrogens with one attached hydrogen (secondary N) is 2. The molecule has 0 saturated carbocycles. The van der Waals surface area contributed by atoms with Crippen molar-refractivity contribution in [3.63, 3.8) is 0 Å². The zero-order valence-electron chi connectivity index (χ0n) is 13.5. The molecule has 0 radical (unpaired) electrons. The number of amides is 3. The molecule has 1 saturated heterocycles. The molecule has 132 valence electrons. The van der Waals surface area contributed by atoms with Crippen molar-refractivity contribution in [1.82, 2.24) is 15.5 Å². The Bertz CT molecular complexity index is 592. The van der Waals surface area contributed by atoms with Gasteiger partial charge in [0.15, 0.2) is 0 Å². The highest BCUT2D eigenvalue weighted by molar-refractivity contribution is 6.30. The van der Waals surface area contributed by atoms with Gasteiger partial charge in [0, 0.05) is 25.7 Å². The summed E-state index contributed by atoms with van der Waals surface area (Å²) in [5.74, 6) is -0.488. The number of carbonyl (C=O) groups is 2. The van der Waals surface area contributed by atoms with Crippen molar-refractivity contribution < 1.29 is 18.7 Å². The first-order chi connectivity index (χ1) is 11.5. The third-order valence-electron chi connectivity index (χ3n) is 3.79. The summed E-state index contributed by atoms with van der Waals surface area (Å²) in [6.07, 6.45) is 1.04. The topological polar surface area (TPSA) is 70.7 Å². The van der Waals surface area contributed by atoms with Gasteiger partial charge in [0.1, 0.15) is 5.82 Å². The predicted molar refractivity (Wildman–Crippen MR) is 88.4 cm³/mol. The minimum atomic E-state index is -0.488. The van der Waals surface area contributed by atoms with Crippen LogP contribution >= 0.6 is 11.6 Å². The van der Waals surface area contributed by atoms with Crippen molar-refractivity contribution >= 4 is 23.7 Å². The van der Waals surface area contributed by atoms with E-state index in [1.54, 1.807) is 17.9 Å². The molecule has 6 nitrogen and oxygen atoms in total. The molecule has 1 aliphatic rings. The van der Waals surface area contributed by atoms with E-state index in [1.165, 1.54) is 12.1 Å². The smallest absolute Gasteiger partial charge is 0.409 e. The Morgan fingerprint density at radius 3 is 2.71 bits per heavy atom. The zero-order chi connectivity index (χ0) is 17.5. The molecule has 1 fully saturated rings. The van der Waals surface area contributed by atoms with Gasteiger partial charge in [-0.25, -0.2) is 14.0 Å². The van der Waals surface area contributed by atoms with Crippen LogP contribution in [0.2, 0.25) is 5.02 Å². The molecule has 8 heteroatoms. The van der Waals surface area contributed by atoms with Crippen LogP contribution in [0.15, 0.2) is 18.2 Å². The lowest BCUT2D eigenvalue weighted by Gasteiger charge is -2.31. The summed E-state index contributed by atoms with van der Waals surface area (Å²) in [5, 5.41) is 5.61. The highest BCUT2D eigenvalue weighted by Gasteiger charge is 2.24. The highest BCUT2D eigenvalue weighted by atomic mass is 35.5. The summed E-state index contributed by atoms with van der Waals surface area (Å²) < 4.78 is 18.0. The van der Waals surface area contributed by atoms with Crippen LogP contribution in [-0.2, 0) is 11.3 Å². The molecule has 0 aliphatic carbocycles. The Hall–Kier alpha value is -2.02. The molecular weight excluding hydrogens is 337 g/mol. The van der Waals surface area contributed by atoms with Crippen LogP contribution in [-0.4, -0.2) is 42.8 Å². The molecule has 1 heterocycles.